The van der Waals surface area contributed by atoms with Crippen molar-refractivity contribution in [1.29, 1.82) is 0 Å². The molecular weight excluding hydrogens is 514 g/mol. The third-order valence-corrected chi connectivity index (χ3v) is 6.67. The molecule has 196 valence electrons. The molecule has 5 rings (SSSR count). The van der Waals surface area contributed by atoms with Gasteiger partial charge in [0.15, 0.2) is 5.76 Å². The lowest BCUT2D eigenvalue weighted by molar-refractivity contribution is -0.139. The largest absolute Gasteiger partial charge is 0.489 e. The summed E-state index contributed by atoms with van der Waals surface area (Å²) in [4.78, 5) is 24.8. The van der Waals surface area contributed by atoms with E-state index in [9.17, 15) is 14.7 Å². The molecule has 6 nitrogen and oxygen atoms in total. The Balaban J connectivity index is 1.23. The number of carboxylic acids is 1. The van der Waals surface area contributed by atoms with Crippen molar-refractivity contribution in [3.63, 3.8) is 0 Å². The maximum atomic E-state index is 12.9. The summed E-state index contributed by atoms with van der Waals surface area (Å²) in [6, 6.07) is 28.8. The van der Waals surface area contributed by atoms with Gasteiger partial charge in [0.25, 0.3) is 5.91 Å². The van der Waals surface area contributed by atoms with Gasteiger partial charge in [-0.2, -0.15) is 0 Å². The van der Waals surface area contributed by atoms with Crippen molar-refractivity contribution in [2.45, 2.75) is 26.0 Å². The van der Waals surface area contributed by atoms with Crippen LogP contribution in [0.3, 0.4) is 0 Å². The number of benzene rings is 4. The van der Waals surface area contributed by atoms with Gasteiger partial charge in [0.1, 0.15) is 24.0 Å². The fourth-order valence-corrected chi connectivity index (χ4v) is 4.33. The number of fused-ring (bicyclic) bond motifs is 1. The normalized spacial score (nSPS) is 11.7. The predicted molar refractivity (Wildman–Crippen MR) is 151 cm³/mol. The van der Waals surface area contributed by atoms with E-state index in [1.165, 1.54) is 5.56 Å². The van der Waals surface area contributed by atoms with Crippen molar-refractivity contribution in [3.8, 4) is 16.9 Å². The first-order valence-corrected chi connectivity index (χ1v) is 12.8. The van der Waals surface area contributed by atoms with Crippen LogP contribution in [0.1, 0.15) is 27.2 Å². The van der Waals surface area contributed by atoms with Gasteiger partial charge in [0, 0.05) is 16.8 Å². The van der Waals surface area contributed by atoms with Gasteiger partial charge in [0.05, 0.1) is 0 Å². The van der Waals surface area contributed by atoms with E-state index < -0.39 is 17.9 Å². The van der Waals surface area contributed by atoms with Crippen molar-refractivity contribution in [2.24, 2.45) is 0 Å². The molecule has 0 bridgehead atoms. The van der Waals surface area contributed by atoms with E-state index in [0.717, 1.165) is 27.6 Å². The van der Waals surface area contributed by atoms with Crippen LogP contribution >= 0.6 is 11.6 Å². The Morgan fingerprint density at radius 3 is 2.23 bits per heavy atom. The van der Waals surface area contributed by atoms with Crippen LogP contribution in [0.5, 0.6) is 5.75 Å². The summed E-state index contributed by atoms with van der Waals surface area (Å²) in [6.45, 7) is 2.47. The summed E-state index contributed by atoms with van der Waals surface area (Å²) in [5.74, 6) is -1.01. The number of amides is 1. The molecule has 0 aliphatic rings. The van der Waals surface area contributed by atoms with Gasteiger partial charge in [0.2, 0.25) is 0 Å². The lowest BCUT2D eigenvalue weighted by atomic mass is 10.0. The topological polar surface area (TPSA) is 88.8 Å². The molecule has 1 atom stereocenters. The zero-order valence-electron chi connectivity index (χ0n) is 21.2. The van der Waals surface area contributed by atoms with Gasteiger partial charge in [-0.05, 0) is 65.6 Å². The van der Waals surface area contributed by atoms with Gasteiger partial charge in [-0.3, -0.25) is 4.79 Å². The smallest absolute Gasteiger partial charge is 0.326 e. The summed E-state index contributed by atoms with van der Waals surface area (Å²) in [6.07, 6.45) is 0.111. The Morgan fingerprint density at radius 1 is 0.872 bits per heavy atom. The van der Waals surface area contributed by atoms with Gasteiger partial charge >= 0.3 is 5.97 Å². The first-order valence-electron chi connectivity index (χ1n) is 12.4. The van der Waals surface area contributed by atoms with Crippen molar-refractivity contribution in [3.05, 3.63) is 125 Å². The van der Waals surface area contributed by atoms with Crippen molar-refractivity contribution < 1.29 is 23.8 Å². The van der Waals surface area contributed by atoms with Gasteiger partial charge in [-0.1, -0.05) is 77.8 Å². The van der Waals surface area contributed by atoms with Crippen LogP contribution < -0.4 is 10.1 Å². The standard InChI is InChI=1S/C32H26ClNO5/c1-20-2-4-22(5-3-20)19-38-27-14-6-21(7-15-27)16-28(32(36)37)34-31(35)30-18-25-9-8-24(17-29(25)39-30)23-10-12-26(33)13-11-23/h2-15,17-18,28H,16,19H2,1H3,(H,34,35)(H,36,37). The highest BCUT2D eigenvalue weighted by molar-refractivity contribution is 6.30. The van der Waals surface area contributed by atoms with Crippen LogP contribution in [0.25, 0.3) is 22.1 Å². The maximum absolute atomic E-state index is 12.9. The lowest BCUT2D eigenvalue weighted by Crippen LogP contribution is -2.42. The number of ether oxygens (including phenoxy) is 1. The number of furan rings is 1. The molecule has 1 unspecified atom stereocenters. The molecule has 1 heterocycles. The molecule has 1 amide bonds. The van der Waals surface area contributed by atoms with Crippen molar-refractivity contribution in [2.75, 3.05) is 0 Å². The van der Waals surface area contributed by atoms with E-state index in [-0.39, 0.29) is 12.2 Å². The molecule has 7 heteroatoms. The second kappa shape index (κ2) is 11.5. The number of carboxylic acid groups (broad SMARTS) is 1. The summed E-state index contributed by atoms with van der Waals surface area (Å²) < 4.78 is 11.6. The van der Waals surface area contributed by atoms with Crippen LogP contribution in [0.2, 0.25) is 5.02 Å². The van der Waals surface area contributed by atoms with Crippen LogP contribution in [0, 0.1) is 6.92 Å². The molecule has 4 aromatic carbocycles. The van der Waals surface area contributed by atoms with E-state index in [4.69, 9.17) is 20.8 Å². The van der Waals surface area contributed by atoms with E-state index in [1.54, 1.807) is 42.5 Å². The monoisotopic (exact) mass is 539 g/mol. The maximum Gasteiger partial charge on any atom is 0.326 e. The van der Waals surface area contributed by atoms with Gasteiger partial charge < -0.3 is 19.6 Å². The minimum atomic E-state index is -1.14. The third-order valence-electron chi connectivity index (χ3n) is 6.41. The number of aliphatic carboxylic acids is 1. The number of nitrogens with one attached hydrogen (secondary N) is 1. The Labute approximate surface area is 230 Å². The van der Waals surface area contributed by atoms with Crippen molar-refractivity contribution >= 4 is 34.4 Å². The molecule has 0 radical (unpaired) electrons. The number of carbonyl (C=O) groups is 2. The number of hydrogen-bond acceptors (Lipinski definition) is 4. The summed E-state index contributed by atoms with van der Waals surface area (Å²) in [5, 5.41) is 13.7. The second-order valence-corrected chi connectivity index (χ2v) is 9.79. The second-order valence-electron chi connectivity index (χ2n) is 9.36. The number of rotatable bonds is 9. The number of aryl methyl sites for hydroxylation is 1. The summed E-state index contributed by atoms with van der Waals surface area (Å²) >= 11 is 5.98. The van der Waals surface area contributed by atoms with Crippen molar-refractivity contribution in [1.82, 2.24) is 5.32 Å². The number of carbonyl (C=O) groups excluding carboxylic acids is 1. The van der Waals surface area contributed by atoms with Crippen LogP contribution in [-0.2, 0) is 17.8 Å². The molecule has 1 aromatic heterocycles. The first-order chi connectivity index (χ1) is 18.8. The van der Waals surface area contributed by atoms with E-state index in [1.807, 2.05) is 61.5 Å². The highest BCUT2D eigenvalue weighted by atomic mass is 35.5. The fraction of sp³-hybridized carbons (Fsp3) is 0.125. The molecular formula is C32H26ClNO5. The highest BCUT2D eigenvalue weighted by Gasteiger charge is 2.23. The molecule has 0 saturated carbocycles. The lowest BCUT2D eigenvalue weighted by Gasteiger charge is -2.14. The van der Waals surface area contributed by atoms with Crippen LogP contribution in [0.4, 0.5) is 0 Å². The first kappa shape index (κ1) is 26.1. The summed E-state index contributed by atoms with van der Waals surface area (Å²) in [5.41, 5.74) is 5.40. The van der Waals surface area contributed by atoms with E-state index in [2.05, 4.69) is 5.32 Å². The third kappa shape index (κ3) is 6.48. The zero-order valence-corrected chi connectivity index (χ0v) is 21.9. The molecule has 0 spiro atoms. The molecule has 2 N–H and O–H groups in total. The van der Waals surface area contributed by atoms with Gasteiger partial charge in [-0.25, -0.2) is 4.79 Å². The van der Waals surface area contributed by atoms with E-state index in [0.29, 0.717) is 23.0 Å². The Kier molecular flexibility index (Phi) is 7.66. The molecule has 0 fully saturated rings. The quantitative estimate of drug-likeness (QED) is 0.209. The molecule has 39 heavy (non-hydrogen) atoms. The molecule has 0 aliphatic carbocycles. The average Bonchev–Trinajstić information content (AvgIpc) is 3.37. The van der Waals surface area contributed by atoms with Gasteiger partial charge in [-0.15, -0.1) is 0 Å². The average molecular weight is 540 g/mol. The molecule has 0 aliphatic heterocycles. The summed E-state index contributed by atoms with van der Waals surface area (Å²) in [7, 11) is 0. The minimum absolute atomic E-state index is 0.0457. The number of hydrogen-bond donors (Lipinski definition) is 2. The molecule has 0 saturated heterocycles. The fourth-order valence-electron chi connectivity index (χ4n) is 4.20. The minimum Gasteiger partial charge on any atom is -0.489 e. The molecule has 5 aromatic rings. The Bertz CT molecular complexity index is 1610. The Morgan fingerprint density at radius 2 is 1.54 bits per heavy atom. The SMILES string of the molecule is Cc1ccc(COc2ccc(CC(NC(=O)c3cc4ccc(-c5ccc(Cl)cc5)cc4o3)C(=O)O)cc2)cc1. The van der Waals surface area contributed by atoms with Crippen LogP contribution in [0.15, 0.2) is 101 Å². The number of halogens is 1. The van der Waals surface area contributed by atoms with Crippen LogP contribution in [-0.4, -0.2) is 23.0 Å². The predicted octanol–water partition coefficient (Wildman–Crippen LogP) is 7.07. The van der Waals surface area contributed by atoms with E-state index >= 15 is 0 Å². The Hall–Kier alpha value is -4.55. The zero-order chi connectivity index (χ0) is 27.4. The highest BCUT2D eigenvalue weighted by Crippen LogP contribution is 2.28.